The Balaban J connectivity index is 2.36. The van der Waals surface area contributed by atoms with Gasteiger partial charge in [0.1, 0.15) is 0 Å². The van der Waals surface area contributed by atoms with Crippen molar-refractivity contribution in [2.45, 2.75) is 13.0 Å². The Bertz CT molecular complexity index is 342. The van der Waals surface area contributed by atoms with Crippen LogP contribution in [0.15, 0.2) is 24.3 Å². The van der Waals surface area contributed by atoms with Gasteiger partial charge in [-0.05, 0) is 42.7 Å². The molecule has 4 heteroatoms. The van der Waals surface area contributed by atoms with E-state index in [0.717, 1.165) is 25.1 Å². The second-order valence-electron chi connectivity index (χ2n) is 3.59. The Morgan fingerprint density at radius 2 is 2.31 bits per heavy atom. The molecule has 0 radical (unpaired) electrons. The fraction of sp³-hybridized carbons (Fsp3) is 0.417. The first-order valence-corrected chi connectivity index (χ1v) is 6.72. The second kappa shape index (κ2) is 7.30. The van der Waals surface area contributed by atoms with Crippen LogP contribution in [0.4, 0.5) is 0 Å². The van der Waals surface area contributed by atoms with Crippen molar-refractivity contribution in [3.8, 4) is 0 Å². The molecule has 0 aromatic heterocycles. The van der Waals surface area contributed by atoms with Crippen molar-refractivity contribution in [1.82, 2.24) is 5.32 Å². The first-order chi connectivity index (χ1) is 7.74. The number of carbonyl (C=O) groups is 1. The van der Waals surface area contributed by atoms with Crippen molar-refractivity contribution in [2.75, 3.05) is 18.6 Å². The second-order valence-corrected chi connectivity index (χ2v) is 4.57. The molecule has 0 saturated heterocycles. The normalized spacial score (nSPS) is 10.3. The van der Waals surface area contributed by atoms with E-state index in [1.807, 2.05) is 30.0 Å². The first kappa shape index (κ1) is 13.1. The number of hydrogen-bond acceptors (Lipinski definition) is 3. The Morgan fingerprint density at radius 1 is 1.50 bits per heavy atom. The number of thioether (sulfide) groups is 1. The van der Waals surface area contributed by atoms with E-state index in [1.54, 1.807) is 6.07 Å². The predicted molar refractivity (Wildman–Crippen MR) is 69.7 cm³/mol. The smallest absolute Gasteiger partial charge is 0.248 e. The fourth-order valence-electron chi connectivity index (χ4n) is 1.41. The third kappa shape index (κ3) is 4.68. The van der Waals surface area contributed by atoms with Crippen LogP contribution < -0.4 is 11.1 Å². The molecule has 3 nitrogen and oxygen atoms in total. The average molecular weight is 238 g/mol. The van der Waals surface area contributed by atoms with E-state index in [0.29, 0.717) is 5.56 Å². The number of carbonyl (C=O) groups excluding carboxylic acids is 1. The molecule has 0 aliphatic rings. The third-order valence-electron chi connectivity index (χ3n) is 2.24. The van der Waals surface area contributed by atoms with Gasteiger partial charge in [0.05, 0.1) is 0 Å². The zero-order valence-electron chi connectivity index (χ0n) is 9.53. The van der Waals surface area contributed by atoms with E-state index < -0.39 is 0 Å². The molecule has 0 aliphatic carbocycles. The first-order valence-electron chi connectivity index (χ1n) is 5.32. The summed E-state index contributed by atoms with van der Waals surface area (Å²) in [5, 5.41) is 3.34. The van der Waals surface area contributed by atoms with Crippen LogP contribution in [0, 0.1) is 0 Å². The quantitative estimate of drug-likeness (QED) is 0.710. The third-order valence-corrected chi connectivity index (χ3v) is 2.94. The molecule has 0 bridgehead atoms. The van der Waals surface area contributed by atoms with Crippen LogP contribution in [0.1, 0.15) is 22.3 Å². The van der Waals surface area contributed by atoms with Crippen LogP contribution in [-0.4, -0.2) is 24.5 Å². The van der Waals surface area contributed by atoms with Gasteiger partial charge in [0.25, 0.3) is 0 Å². The van der Waals surface area contributed by atoms with Crippen molar-refractivity contribution < 1.29 is 4.79 Å². The van der Waals surface area contributed by atoms with Crippen molar-refractivity contribution in [2.24, 2.45) is 5.73 Å². The van der Waals surface area contributed by atoms with E-state index in [1.165, 1.54) is 5.75 Å². The topological polar surface area (TPSA) is 55.1 Å². The molecule has 1 aromatic rings. The molecule has 0 heterocycles. The molecule has 0 aliphatic heterocycles. The van der Waals surface area contributed by atoms with E-state index in [9.17, 15) is 4.79 Å². The maximum atomic E-state index is 11.0. The van der Waals surface area contributed by atoms with Crippen LogP contribution in [0.5, 0.6) is 0 Å². The molecule has 0 unspecified atom stereocenters. The number of nitrogens with two attached hydrogens (primary N) is 1. The number of nitrogens with one attached hydrogen (secondary N) is 1. The van der Waals surface area contributed by atoms with E-state index in [2.05, 4.69) is 11.6 Å². The van der Waals surface area contributed by atoms with E-state index in [-0.39, 0.29) is 5.91 Å². The van der Waals surface area contributed by atoms with Crippen molar-refractivity contribution >= 4 is 17.7 Å². The molecule has 0 atom stereocenters. The van der Waals surface area contributed by atoms with Gasteiger partial charge in [0.15, 0.2) is 0 Å². The lowest BCUT2D eigenvalue weighted by molar-refractivity contribution is 0.1000. The summed E-state index contributed by atoms with van der Waals surface area (Å²) >= 11 is 1.85. The molecule has 1 amide bonds. The maximum Gasteiger partial charge on any atom is 0.248 e. The summed E-state index contributed by atoms with van der Waals surface area (Å²) in [7, 11) is 0. The molecule has 1 rings (SSSR count). The molecule has 0 spiro atoms. The summed E-state index contributed by atoms with van der Waals surface area (Å²) in [5.41, 5.74) is 6.89. The summed E-state index contributed by atoms with van der Waals surface area (Å²) in [4.78, 5) is 11.0. The molecule has 88 valence electrons. The molecular weight excluding hydrogens is 220 g/mol. The highest BCUT2D eigenvalue weighted by molar-refractivity contribution is 7.98. The fourth-order valence-corrected chi connectivity index (χ4v) is 1.84. The average Bonchev–Trinajstić information content (AvgIpc) is 2.29. The van der Waals surface area contributed by atoms with Crippen molar-refractivity contribution in [1.29, 1.82) is 0 Å². The zero-order valence-corrected chi connectivity index (χ0v) is 10.3. The highest BCUT2D eigenvalue weighted by atomic mass is 32.2. The van der Waals surface area contributed by atoms with E-state index in [4.69, 9.17) is 5.73 Å². The lowest BCUT2D eigenvalue weighted by atomic mass is 10.1. The number of benzene rings is 1. The Labute approximate surface area is 101 Å². The summed E-state index contributed by atoms with van der Waals surface area (Å²) in [5.74, 6) is 0.804. The van der Waals surface area contributed by atoms with Gasteiger partial charge in [-0.25, -0.2) is 0 Å². The standard InChI is InChI=1S/C12H18N2OS/c1-16-7-3-6-14-9-10-4-2-5-11(8-10)12(13)15/h2,4-5,8,14H,3,6-7,9H2,1H3,(H2,13,15). The summed E-state index contributed by atoms with van der Waals surface area (Å²) in [6.07, 6.45) is 3.27. The highest BCUT2D eigenvalue weighted by Gasteiger charge is 2.00. The lowest BCUT2D eigenvalue weighted by Gasteiger charge is -2.05. The van der Waals surface area contributed by atoms with Gasteiger partial charge in [0, 0.05) is 12.1 Å². The van der Waals surface area contributed by atoms with Crippen LogP contribution in [-0.2, 0) is 6.54 Å². The lowest BCUT2D eigenvalue weighted by Crippen LogP contribution is -2.16. The van der Waals surface area contributed by atoms with Gasteiger partial charge in [-0.2, -0.15) is 11.8 Å². The molecule has 0 saturated carbocycles. The molecular formula is C12H18N2OS. The number of amides is 1. The number of hydrogen-bond donors (Lipinski definition) is 2. The van der Waals surface area contributed by atoms with Crippen LogP contribution >= 0.6 is 11.8 Å². The summed E-state index contributed by atoms with van der Waals surface area (Å²) in [6, 6.07) is 7.43. The Morgan fingerprint density at radius 3 is 3.00 bits per heavy atom. The summed E-state index contributed by atoms with van der Waals surface area (Å²) in [6.45, 7) is 1.79. The minimum absolute atomic E-state index is 0.371. The molecule has 0 fully saturated rings. The number of rotatable bonds is 7. The largest absolute Gasteiger partial charge is 0.366 e. The Kier molecular flexibility index (Phi) is 5.96. The van der Waals surface area contributed by atoms with Gasteiger partial charge in [0.2, 0.25) is 5.91 Å². The van der Waals surface area contributed by atoms with E-state index >= 15 is 0 Å². The van der Waals surface area contributed by atoms with Crippen LogP contribution in [0.25, 0.3) is 0 Å². The molecule has 16 heavy (non-hydrogen) atoms. The van der Waals surface area contributed by atoms with Crippen molar-refractivity contribution in [3.63, 3.8) is 0 Å². The Hall–Kier alpha value is -1.00. The molecule has 3 N–H and O–H groups in total. The van der Waals surface area contributed by atoms with Gasteiger partial charge >= 0.3 is 0 Å². The van der Waals surface area contributed by atoms with Gasteiger partial charge in [-0.3, -0.25) is 4.79 Å². The predicted octanol–water partition coefficient (Wildman–Crippen LogP) is 1.63. The minimum Gasteiger partial charge on any atom is -0.366 e. The molecule has 1 aromatic carbocycles. The minimum atomic E-state index is -0.371. The van der Waals surface area contributed by atoms with Crippen LogP contribution in [0.3, 0.4) is 0 Å². The highest BCUT2D eigenvalue weighted by Crippen LogP contribution is 2.04. The van der Waals surface area contributed by atoms with Crippen LogP contribution in [0.2, 0.25) is 0 Å². The zero-order chi connectivity index (χ0) is 11.8. The van der Waals surface area contributed by atoms with Crippen molar-refractivity contribution in [3.05, 3.63) is 35.4 Å². The SMILES string of the molecule is CSCCCNCc1cccc(C(N)=O)c1. The number of primary amides is 1. The van der Waals surface area contributed by atoms with Gasteiger partial charge in [-0.1, -0.05) is 12.1 Å². The van der Waals surface area contributed by atoms with Gasteiger partial charge in [-0.15, -0.1) is 0 Å². The summed E-state index contributed by atoms with van der Waals surface area (Å²) < 4.78 is 0. The monoisotopic (exact) mass is 238 g/mol. The van der Waals surface area contributed by atoms with Gasteiger partial charge < -0.3 is 11.1 Å². The maximum absolute atomic E-state index is 11.0.